The van der Waals surface area contributed by atoms with Crippen LogP contribution in [0, 0.1) is 12.8 Å². The van der Waals surface area contributed by atoms with Crippen molar-refractivity contribution in [3.63, 3.8) is 0 Å². The van der Waals surface area contributed by atoms with Gasteiger partial charge in [0, 0.05) is 30.3 Å². The second kappa shape index (κ2) is 10.8. The normalized spacial score (nSPS) is 16.9. The summed E-state index contributed by atoms with van der Waals surface area (Å²) in [4.78, 5) is 41.1. The highest BCUT2D eigenvalue weighted by Crippen LogP contribution is 2.32. The van der Waals surface area contributed by atoms with Crippen LogP contribution in [-0.2, 0) is 4.79 Å². The maximum Gasteiger partial charge on any atom is 0.253 e. The molecule has 4 rings (SSSR count). The fourth-order valence-electron chi connectivity index (χ4n) is 4.49. The van der Waals surface area contributed by atoms with Crippen molar-refractivity contribution in [1.29, 1.82) is 0 Å². The summed E-state index contributed by atoms with van der Waals surface area (Å²) in [6.07, 6.45) is 2.03. The van der Waals surface area contributed by atoms with E-state index in [0.717, 1.165) is 12.0 Å². The minimum absolute atomic E-state index is 0.00264. The summed E-state index contributed by atoms with van der Waals surface area (Å²) < 4.78 is 10.7. The van der Waals surface area contributed by atoms with Crippen LogP contribution in [0.15, 0.2) is 42.5 Å². The molecule has 8 heteroatoms. The molecule has 2 heterocycles. The van der Waals surface area contributed by atoms with E-state index in [2.05, 4.69) is 10.6 Å². The van der Waals surface area contributed by atoms with E-state index < -0.39 is 6.04 Å². The Bertz CT molecular complexity index is 1090. The first-order valence-electron chi connectivity index (χ1n) is 12.2. The monoisotopic (exact) mass is 479 g/mol. The molecule has 2 aliphatic rings. The number of ether oxygens (including phenoxy) is 2. The zero-order chi connectivity index (χ0) is 24.9. The number of piperidine rings is 1. The van der Waals surface area contributed by atoms with Crippen LogP contribution < -0.4 is 20.1 Å². The number of nitrogens with zero attached hydrogens (tertiary/aromatic N) is 1. The molecular weight excluding hydrogens is 446 g/mol. The number of nitrogens with one attached hydrogen (secondary N) is 2. The number of carbonyl (C=O) groups is 3. The second-order valence-electron chi connectivity index (χ2n) is 9.34. The first-order chi connectivity index (χ1) is 16.9. The molecule has 2 aliphatic heterocycles. The molecule has 0 aliphatic carbocycles. The van der Waals surface area contributed by atoms with Crippen LogP contribution in [0.3, 0.4) is 0 Å². The van der Waals surface area contributed by atoms with Crippen molar-refractivity contribution in [2.45, 2.75) is 52.1 Å². The summed E-state index contributed by atoms with van der Waals surface area (Å²) >= 11 is 0. The van der Waals surface area contributed by atoms with Crippen molar-refractivity contribution in [3.05, 3.63) is 59.2 Å². The minimum atomic E-state index is -0.696. The fourth-order valence-corrected chi connectivity index (χ4v) is 4.49. The SMILES string of the molecule is CC[C@H](C)NC(=O)[C@@H](NC(=O)c1ccc2c(c1)OCO2)C1CCN(C(=O)c2cccc(C)c2)CC1. The predicted octanol–water partition coefficient (Wildman–Crippen LogP) is 3.29. The van der Waals surface area contributed by atoms with Crippen molar-refractivity contribution in [1.82, 2.24) is 15.5 Å². The van der Waals surface area contributed by atoms with E-state index >= 15 is 0 Å². The third-order valence-corrected chi connectivity index (χ3v) is 6.77. The number of rotatable bonds is 7. The van der Waals surface area contributed by atoms with Crippen molar-refractivity contribution < 1.29 is 23.9 Å². The maximum absolute atomic E-state index is 13.2. The molecule has 35 heavy (non-hydrogen) atoms. The van der Waals surface area contributed by atoms with Crippen molar-refractivity contribution in [3.8, 4) is 11.5 Å². The van der Waals surface area contributed by atoms with Crippen molar-refractivity contribution in [2.24, 2.45) is 5.92 Å². The Hall–Kier alpha value is -3.55. The number of hydrogen-bond donors (Lipinski definition) is 2. The Morgan fingerprint density at radius 1 is 1.00 bits per heavy atom. The maximum atomic E-state index is 13.2. The third-order valence-electron chi connectivity index (χ3n) is 6.77. The third kappa shape index (κ3) is 5.75. The van der Waals surface area contributed by atoms with E-state index in [1.165, 1.54) is 0 Å². The van der Waals surface area contributed by atoms with Gasteiger partial charge in [-0.1, -0.05) is 24.6 Å². The van der Waals surface area contributed by atoms with E-state index in [4.69, 9.17) is 9.47 Å². The summed E-state index contributed by atoms with van der Waals surface area (Å²) in [6, 6.07) is 11.9. The van der Waals surface area contributed by atoms with Gasteiger partial charge in [0.25, 0.3) is 11.8 Å². The van der Waals surface area contributed by atoms with E-state index in [0.29, 0.717) is 48.6 Å². The van der Waals surface area contributed by atoms with Crippen molar-refractivity contribution in [2.75, 3.05) is 19.9 Å². The quantitative estimate of drug-likeness (QED) is 0.635. The van der Waals surface area contributed by atoms with Crippen LogP contribution in [0.25, 0.3) is 0 Å². The summed E-state index contributed by atoms with van der Waals surface area (Å²) in [5.41, 5.74) is 2.12. The number of amides is 3. The Morgan fingerprint density at radius 3 is 2.46 bits per heavy atom. The van der Waals surface area contributed by atoms with Gasteiger partial charge >= 0.3 is 0 Å². The number of fused-ring (bicyclic) bond motifs is 1. The van der Waals surface area contributed by atoms with Gasteiger partial charge in [-0.15, -0.1) is 0 Å². The molecule has 8 nitrogen and oxygen atoms in total. The van der Waals surface area contributed by atoms with Crippen LogP contribution in [-0.4, -0.2) is 54.6 Å². The molecule has 0 aromatic heterocycles. The topological polar surface area (TPSA) is 97.0 Å². The average molecular weight is 480 g/mol. The van der Waals surface area contributed by atoms with E-state index in [1.54, 1.807) is 18.2 Å². The van der Waals surface area contributed by atoms with E-state index in [9.17, 15) is 14.4 Å². The van der Waals surface area contributed by atoms with E-state index in [1.807, 2.05) is 49.9 Å². The molecule has 0 radical (unpaired) electrons. The number of carbonyl (C=O) groups excluding carboxylic acids is 3. The Morgan fingerprint density at radius 2 is 1.74 bits per heavy atom. The first kappa shape index (κ1) is 24.6. The molecule has 0 saturated carbocycles. The number of benzene rings is 2. The van der Waals surface area contributed by atoms with Crippen LogP contribution in [0.4, 0.5) is 0 Å². The molecular formula is C27H33N3O5. The lowest BCUT2D eigenvalue weighted by atomic mass is 9.88. The number of hydrogen-bond acceptors (Lipinski definition) is 5. The summed E-state index contributed by atoms with van der Waals surface area (Å²) in [7, 11) is 0. The summed E-state index contributed by atoms with van der Waals surface area (Å²) in [5, 5.41) is 5.97. The molecule has 1 fully saturated rings. The van der Waals surface area contributed by atoms with Gasteiger partial charge in [0.2, 0.25) is 12.7 Å². The standard InChI is InChI=1S/C27H33N3O5/c1-4-18(3)28-26(32)24(29-25(31)20-8-9-22-23(15-20)35-16-34-22)19-10-12-30(13-11-19)27(33)21-7-5-6-17(2)14-21/h5-9,14-15,18-19,24H,4,10-13,16H2,1-3H3,(H,28,32)(H,29,31)/t18-,24-/m0/s1. The fraction of sp³-hybridized carbons (Fsp3) is 0.444. The summed E-state index contributed by atoms with van der Waals surface area (Å²) in [6.45, 7) is 7.10. The molecule has 186 valence electrons. The molecule has 2 N–H and O–H groups in total. The van der Waals surface area contributed by atoms with Gasteiger partial charge in [-0.2, -0.15) is 0 Å². The smallest absolute Gasteiger partial charge is 0.253 e. The number of aryl methyl sites for hydroxylation is 1. The van der Waals surface area contributed by atoms with Crippen LogP contribution in [0.1, 0.15) is 59.4 Å². The minimum Gasteiger partial charge on any atom is -0.454 e. The van der Waals surface area contributed by atoms with Crippen molar-refractivity contribution >= 4 is 17.7 Å². The molecule has 2 aromatic carbocycles. The predicted molar refractivity (Wildman–Crippen MR) is 132 cm³/mol. The molecule has 2 atom stereocenters. The lowest BCUT2D eigenvalue weighted by Crippen LogP contribution is -2.55. The van der Waals surface area contributed by atoms with Gasteiger partial charge < -0.3 is 25.0 Å². The molecule has 1 saturated heterocycles. The molecule has 0 spiro atoms. The highest BCUT2D eigenvalue weighted by molar-refractivity contribution is 5.98. The Balaban J connectivity index is 1.45. The molecule has 0 bridgehead atoms. The Kier molecular flexibility index (Phi) is 7.58. The molecule has 2 aromatic rings. The van der Waals surface area contributed by atoms with Gasteiger partial charge in [0.05, 0.1) is 0 Å². The summed E-state index contributed by atoms with van der Waals surface area (Å²) in [5.74, 6) is 0.484. The highest BCUT2D eigenvalue weighted by atomic mass is 16.7. The average Bonchev–Trinajstić information content (AvgIpc) is 3.34. The van der Waals surface area contributed by atoms with E-state index in [-0.39, 0.29) is 36.5 Å². The lowest BCUT2D eigenvalue weighted by molar-refractivity contribution is -0.125. The lowest BCUT2D eigenvalue weighted by Gasteiger charge is -2.36. The molecule has 3 amide bonds. The van der Waals surface area contributed by atoms with Crippen LogP contribution in [0.5, 0.6) is 11.5 Å². The first-order valence-corrected chi connectivity index (χ1v) is 12.2. The van der Waals surface area contributed by atoms with Gasteiger partial charge in [-0.25, -0.2) is 0 Å². The highest BCUT2D eigenvalue weighted by Gasteiger charge is 2.34. The number of likely N-dealkylation sites (tertiary alicyclic amines) is 1. The zero-order valence-electron chi connectivity index (χ0n) is 20.5. The zero-order valence-corrected chi connectivity index (χ0v) is 20.5. The van der Waals surface area contributed by atoms with Gasteiger partial charge in [0.15, 0.2) is 11.5 Å². The van der Waals surface area contributed by atoms with Gasteiger partial charge in [-0.3, -0.25) is 14.4 Å². The van der Waals surface area contributed by atoms with Gasteiger partial charge in [0.1, 0.15) is 6.04 Å². The van der Waals surface area contributed by atoms with Crippen LogP contribution >= 0.6 is 0 Å². The largest absolute Gasteiger partial charge is 0.454 e. The molecule has 0 unspecified atom stereocenters. The second-order valence-corrected chi connectivity index (χ2v) is 9.34. The van der Waals surface area contributed by atoms with Gasteiger partial charge in [-0.05, 0) is 69.4 Å². The van der Waals surface area contributed by atoms with Crippen LogP contribution in [0.2, 0.25) is 0 Å². The Labute approximate surface area is 206 Å².